The number of carboxylic acid groups (broad SMARTS) is 1. The molecule has 2 saturated carbocycles. The highest BCUT2D eigenvalue weighted by Gasteiger charge is 2.54. The average Bonchev–Trinajstić information content (AvgIpc) is 3.07. The van der Waals surface area contributed by atoms with Gasteiger partial charge in [0.25, 0.3) is 0 Å². The zero-order valence-electron chi connectivity index (χ0n) is 14.0. The summed E-state index contributed by atoms with van der Waals surface area (Å²) in [6.45, 7) is 6.06. The van der Waals surface area contributed by atoms with E-state index >= 15 is 0 Å². The molecule has 23 heavy (non-hydrogen) atoms. The molecular formula is C19H25NO3. The molecule has 1 aromatic rings. The van der Waals surface area contributed by atoms with Gasteiger partial charge in [-0.1, -0.05) is 23.8 Å². The first kappa shape index (κ1) is 16.0. The molecule has 0 aliphatic heterocycles. The van der Waals surface area contributed by atoms with Crippen LogP contribution < -0.4 is 5.32 Å². The van der Waals surface area contributed by atoms with Gasteiger partial charge in [-0.2, -0.15) is 0 Å². The molecule has 1 aromatic carbocycles. The zero-order chi connectivity index (χ0) is 16.7. The fourth-order valence-electron chi connectivity index (χ4n) is 4.72. The van der Waals surface area contributed by atoms with Crippen LogP contribution in [0, 0.1) is 37.5 Å². The van der Waals surface area contributed by atoms with E-state index in [0.717, 1.165) is 30.4 Å². The summed E-state index contributed by atoms with van der Waals surface area (Å²) in [6.07, 6.45) is 2.84. The van der Waals surface area contributed by atoms with Crippen LogP contribution in [0.3, 0.4) is 0 Å². The molecule has 2 N–H and O–H groups in total. The van der Waals surface area contributed by atoms with E-state index in [2.05, 4.69) is 11.4 Å². The Morgan fingerprint density at radius 2 is 1.83 bits per heavy atom. The Morgan fingerprint density at radius 3 is 2.43 bits per heavy atom. The summed E-state index contributed by atoms with van der Waals surface area (Å²) in [7, 11) is 0. The van der Waals surface area contributed by atoms with Crippen molar-refractivity contribution < 1.29 is 14.7 Å². The van der Waals surface area contributed by atoms with Gasteiger partial charge in [0.2, 0.25) is 5.91 Å². The molecule has 2 fully saturated rings. The van der Waals surface area contributed by atoms with Gasteiger partial charge in [-0.15, -0.1) is 0 Å². The summed E-state index contributed by atoms with van der Waals surface area (Å²) < 4.78 is 0. The van der Waals surface area contributed by atoms with Crippen LogP contribution in [-0.2, 0) is 9.59 Å². The van der Waals surface area contributed by atoms with Crippen LogP contribution in [0.15, 0.2) is 18.2 Å². The monoisotopic (exact) mass is 315 g/mol. The van der Waals surface area contributed by atoms with Crippen molar-refractivity contribution in [1.82, 2.24) is 5.32 Å². The van der Waals surface area contributed by atoms with E-state index in [1.54, 1.807) is 0 Å². The number of carbonyl (C=O) groups is 2. The lowest BCUT2D eigenvalue weighted by Gasteiger charge is -2.28. The van der Waals surface area contributed by atoms with Gasteiger partial charge in [-0.25, -0.2) is 0 Å². The molecule has 2 aliphatic carbocycles. The van der Waals surface area contributed by atoms with Crippen molar-refractivity contribution in [3.05, 3.63) is 34.9 Å². The number of hydrogen-bond donors (Lipinski definition) is 2. The summed E-state index contributed by atoms with van der Waals surface area (Å²) >= 11 is 0. The molecule has 5 atom stereocenters. The van der Waals surface area contributed by atoms with Crippen LogP contribution >= 0.6 is 0 Å². The molecule has 0 radical (unpaired) electrons. The van der Waals surface area contributed by atoms with E-state index in [1.807, 2.05) is 32.9 Å². The number of hydrogen-bond acceptors (Lipinski definition) is 2. The van der Waals surface area contributed by atoms with Crippen molar-refractivity contribution in [3.8, 4) is 0 Å². The van der Waals surface area contributed by atoms with Gasteiger partial charge in [0.1, 0.15) is 0 Å². The van der Waals surface area contributed by atoms with Crippen LogP contribution in [0.4, 0.5) is 0 Å². The standard InChI is InChI=1S/C19H25NO3/c1-10-4-7-15(11(2)8-10)12(3)20-18(21)16-13-5-6-14(9-13)17(16)19(22)23/h4,7-8,12-14,16-17H,5-6,9H2,1-3H3,(H,20,21)(H,22,23)/t12-,13-,14+,16-,17+/m1/s1. The number of aliphatic carboxylic acids is 1. The van der Waals surface area contributed by atoms with Gasteiger partial charge in [-0.3, -0.25) is 9.59 Å². The average molecular weight is 315 g/mol. The normalized spacial score (nSPS) is 30.2. The van der Waals surface area contributed by atoms with Crippen molar-refractivity contribution >= 4 is 11.9 Å². The largest absolute Gasteiger partial charge is 0.481 e. The first-order valence-electron chi connectivity index (χ1n) is 8.48. The maximum atomic E-state index is 12.7. The number of rotatable bonds is 4. The summed E-state index contributed by atoms with van der Waals surface area (Å²) in [5, 5.41) is 12.6. The van der Waals surface area contributed by atoms with E-state index in [0.29, 0.717) is 0 Å². The Balaban J connectivity index is 1.74. The Kier molecular flexibility index (Phi) is 4.17. The van der Waals surface area contributed by atoms with Gasteiger partial charge >= 0.3 is 5.97 Å². The first-order chi connectivity index (χ1) is 10.9. The second kappa shape index (κ2) is 5.99. The molecule has 0 heterocycles. The number of amides is 1. The molecule has 0 spiro atoms. The molecule has 0 aromatic heterocycles. The van der Waals surface area contributed by atoms with E-state index < -0.39 is 11.9 Å². The molecule has 3 rings (SSSR count). The number of fused-ring (bicyclic) bond motifs is 2. The lowest BCUT2D eigenvalue weighted by atomic mass is 9.78. The summed E-state index contributed by atoms with van der Waals surface area (Å²) in [5.41, 5.74) is 3.45. The van der Waals surface area contributed by atoms with E-state index in [4.69, 9.17) is 0 Å². The summed E-state index contributed by atoms with van der Waals surface area (Å²) in [6, 6.07) is 6.10. The highest BCUT2D eigenvalue weighted by Crippen LogP contribution is 2.52. The van der Waals surface area contributed by atoms with Gasteiger partial charge in [0.05, 0.1) is 17.9 Å². The Hall–Kier alpha value is -1.84. The van der Waals surface area contributed by atoms with E-state index in [9.17, 15) is 14.7 Å². The lowest BCUT2D eigenvalue weighted by Crippen LogP contribution is -2.42. The molecule has 2 bridgehead atoms. The highest BCUT2D eigenvalue weighted by molar-refractivity contribution is 5.86. The quantitative estimate of drug-likeness (QED) is 0.896. The van der Waals surface area contributed by atoms with Crippen LogP contribution in [0.25, 0.3) is 0 Å². The Morgan fingerprint density at radius 1 is 1.17 bits per heavy atom. The smallest absolute Gasteiger partial charge is 0.307 e. The summed E-state index contributed by atoms with van der Waals surface area (Å²) in [4.78, 5) is 24.3. The predicted octanol–water partition coefficient (Wildman–Crippen LogP) is 3.23. The van der Waals surface area contributed by atoms with Crippen LogP contribution in [-0.4, -0.2) is 17.0 Å². The van der Waals surface area contributed by atoms with Crippen molar-refractivity contribution in [1.29, 1.82) is 0 Å². The lowest BCUT2D eigenvalue weighted by molar-refractivity contribution is -0.149. The topological polar surface area (TPSA) is 66.4 Å². The number of benzene rings is 1. The van der Waals surface area contributed by atoms with E-state index in [-0.39, 0.29) is 29.7 Å². The van der Waals surface area contributed by atoms with Gasteiger partial charge < -0.3 is 10.4 Å². The maximum absolute atomic E-state index is 12.7. The fraction of sp³-hybridized carbons (Fsp3) is 0.579. The summed E-state index contributed by atoms with van der Waals surface area (Å²) in [5.74, 6) is -1.33. The number of aryl methyl sites for hydroxylation is 2. The van der Waals surface area contributed by atoms with E-state index in [1.165, 1.54) is 5.56 Å². The molecule has 4 nitrogen and oxygen atoms in total. The highest BCUT2D eigenvalue weighted by atomic mass is 16.4. The molecular weight excluding hydrogens is 290 g/mol. The number of nitrogens with one attached hydrogen (secondary N) is 1. The Labute approximate surface area is 137 Å². The minimum Gasteiger partial charge on any atom is -0.481 e. The predicted molar refractivity (Wildman–Crippen MR) is 87.9 cm³/mol. The maximum Gasteiger partial charge on any atom is 0.307 e. The zero-order valence-corrected chi connectivity index (χ0v) is 14.0. The van der Waals surface area contributed by atoms with Crippen molar-refractivity contribution in [2.75, 3.05) is 0 Å². The third-order valence-electron chi connectivity index (χ3n) is 5.75. The van der Waals surface area contributed by atoms with Crippen molar-refractivity contribution in [2.45, 2.75) is 46.1 Å². The molecule has 1 amide bonds. The minimum atomic E-state index is -0.809. The van der Waals surface area contributed by atoms with Crippen LogP contribution in [0.5, 0.6) is 0 Å². The molecule has 2 aliphatic rings. The van der Waals surface area contributed by atoms with Crippen LogP contribution in [0.1, 0.15) is 48.9 Å². The van der Waals surface area contributed by atoms with Gasteiger partial charge in [0, 0.05) is 0 Å². The third kappa shape index (κ3) is 2.87. The van der Waals surface area contributed by atoms with Crippen molar-refractivity contribution in [2.24, 2.45) is 23.7 Å². The molecule has 0 unspecified atom stereocenters. The number of carboxylic acids is 1. The van der Waals surface area contributed by atoms with Crippen LogP contribution in [0.2, 0.25) is 0 Å². The second-order valence-electron chi connectivity index (χ2n) is 7.31. The number of carbonyl (C=O) groups excluding carboxylic acids is 1. The first-order valence-corrected chi connectivity index (χ1v) is 8.48. The minimum absolute atomic E-state index is 0.0860. The molecule has 0 saturated heterocycles. The molecule has 4 heteroatoms. The fourth-order valence-corrected chi connectivity index (χ4v) is 4.72. The molecule has 124 valence electrons. The van der Waals surface area contributed by atoms with Crippen molar-refractivity contribution in [3.63, 3.8) is 0 Å². The second-order valence-corrected chi connectivity index (χ2v) is 7.31. The van der Waals surface area contributed by atoms with Gasteiger partial charge in [0.15, 0.2) is 0 Å². The Bertz CT molecular complexity index is 640. The third-order valence-corrected chi connectivity index (χ3v) is 5.75. The van der Waals surface area contributed by atoms with Gasteiger partial charge in [-0.05, 0) is 63.0 Å². The SMILES string of the molecule is Cc1ccc([C@@H](C)NC(=O)[C@@H]2[C@@H]3CC[C@@H](C3)[C@@H]2C(=O)O)c(C)c1.